The maximum Gasteiger partial charge on any atom is 0.231 e. The van der Waals surface area contributed by atoms with Crippen molar-refractivity contribution in [3.8, 4) is 56.3 Å². The van der Waals surface area contributed by atoms with Gasteiger partial charge in [0.2, 0.25) is 5.71 Å². The summed E-state index contributed by atoms with van der Waals surface area (Å²) in [6, 6.07) is 81.9. The SMILES string of the molecule is c1ccc(-c2nc(-c3ccccc3)c3c(n2)oc2ccc(-c4cc(-n5c6ccccc6c6ccccc65)cc(-n5c6ccccc6c6cc(-c7ccc8oc9ccccc9c8c7)ccc65)c4)cc23)cc1. The molecule has 0 radical (unpaired) electrons. The number of nitrogens with zero attached hydrogens (tertiary/aromatic N) is 4. The summed E-state index contributed by atoms with van der Waals surface area (Å²) in [6.07, 6.45) is 0. The highest BCUT2D eigenvalue weighted by Gasteiger charge is 2.22. The molecule has 5 aromatic heterocycles. The van der Waals surface area contributed by atoms with Gasteiger partial charge in [-0.1, -0.05) is 152 Å². The van der Waals surface area contributed by atoms with Crippen molar-refractivity contribution in [3.05, 3.63) is 231 Å². The lowest BCUT2D eigenvalue weighted by Crippen LogP contribution is -2.00. The van der Waals surface area contributed by atoms with Crippen LogP contribution in [0.15, 0.2) is 239 Å². The molecule has 0 spiro atoms. The smallest absolute Gasteiger partial charge is 0.231 e. The second kappa shape index (κ2) is 15.0. The predicted molar refractivity (Wildman–Crippen MR) is 287 cm³/mol. The van der Waals surface area contributed by atoms with Crippen molar-refractivity contribution in [2.45, 2.75) is 0 Å². The van der Waals surface area contributed by atoms with Gasteiger partial charge in [0.1, 0.15) is 16.7 Å². The first kappa shape index (κ1) is 38.6. The van der Waals surface area contributed by atoms with Crippen molar-refractivity contribution >= 4 is 87.6 Å². The van der Waals surface area contributed by atoms with E-state index < -0.39 is 0 Å². The van der Waals surface area contributed by atoms with E-state index in [0.717, 1.165) is 111 Å². The molecule has 6 heteroatoms. The Bertz CT molecular complexity index is 4540. The summed E-state index contributed by atoms with van der Waals surface area (Å²) < 4.78 is 17.7. The first-order valence-corrected chi connectivity index (χ1v) is 23.6. The van der Waals surface area contributed by atoms with E-state index in [0.29, 0.717) is 11.5 Å². The average molecular weight is 895 g/mol. The molecule has 0 aliphatic rings. The average Bonchev–Trinajstić information content (AvgIpc) is 4.18. The topological polar surface area (TPSA) is 61.9 Å². The Morgan fingerprint density at radius 2 is 0.757 bits per heavy atom. The Kier molecular flexibility index (Phi) is 8.26. The Morgan fingerprint density at radius 1 is 0.286 bits per heavy atom. The first-order valence-electron chi connectivity index (χ1n) is 23.6. The third-order valence-electron chi connectivity index (χ3n) is 14.1. The van der Waals surface area contributed by atoms with E-state index in [2.05, 4.69) is 191 Å². The van der Waals surface area contributed by atoms with Gasteiger partial charge in [-0.05, 0) is 101 Å². The number of furan rings is 2. The number of fused-ring (bicyclic) bond motifs is 12. The number of benzene rings is 10. The van der Waals surface area contributed by atoms with Gasteiger partial charge in [0.15, 0.2) is 5.82 Å². The van der Waals surface area contributed by atoms with Crippen LogP contribution in [0.2, 0.25) is 0 Å². The number of hydrogen-bond acceptors (Lipinski definition) is 4. The van der Waals surface area contributed by atoms with Gasteiger partial charge < -0.3 is 18.0 Å². The number of hydrogen-bond donors (Lipinski definition) is 0. The van der Waals surface area contributed by atoms with Gasteiger partial charge >= 0.3 is 0 Å². The van der Waals surface area contributed by atoms with Crippen LogP contribution < -0.4 is 0 Å². The summed E-state index contributed by atoms with van der Waals surface area (Å²) >= 11 is 0. The lowest BCUT2D eigenvalue weighted by molar-refractivity contribution is 0.653. The third kappa shape index (κ3) is 5.87. The van der Waals surface area contributed by atoms with E-state index in [-0.39, 0.29) is 0 Å². The van der Waals surface area contributed by atoms with Gasteiger partial charge in [0.05, 0.1) is 33.1 Å². The highest BCUT2D eigenvalue weighted by molar-refractivity contribution is 6.14. The quantitative estimate of drug-likeness (QED) is 0.167. The van der Waals surface area contributed by atoms with E-state index in [9.17, 15) is 0 Å². The molecule has 0 amide bonds. The van der Waals surface area contributed by atoms with Gasteiger partial charge in [-0.2, -0.15) is 4.98 Å². The normalized spacial score (nSPS) is 12.0. The van der Waals surface area contributed by atoms with Crippen molar-refractivity contribution in [2.75, 3.05) is 0 Å². The van der Waals surface area contributed by atoms with Crippen molar-refractivity contribution in [1.29, 1.82) is 0 Å². The van der Waals surface area contributed by atoms with Gasteiger partial charge in [-0.15, -0.1) is 0 Å². The zero-order chi connectivity index (χ0) is 45.9. The zero-order valence-corrected chi connectivity index (χ0v) is 37.5. The van der Waals surface area contributed by atoms with Crippen LogP contribution in [0.5, 0.6) is 0 Å². The molecule has 5 heterocycles. The fourth-order valence-corrected chi connectivity index (χ4v) is 10.9. The molecule has 15 rings (SSSR count). The van der Waals surface area contributed by atoms with E-state index in [1.165, 1.54) is 21.5 Å². The summed E-state index contributed by atoms with van der Waals surface area (Å²) in [5, 5.41) is 8.89. The second-order valence-electron chi connectivity index (χ2n) is 18.1. The molecule has 15 aromatic rings. The van der Waals surface area contributed by atoms with Crippen LogP contribution in [-0.2, 0) is 0 Å². The molecule has 0 saturated carbocycles. The molecular weight excluding hydrogens is 857 g/mol. The van der Waals surface area contributed by atoms with Crippen LogP contribution in [0, 0.1) is 0 Å². The Morgan fingerprint density at radius 3 is 1.41 bits per heavy atom. The van der Waals surface area contributed by atoms with Crippen LogP contribution in [0.25, 0.3) is 144 Å². The van der Waals surface area contributed by atoms with Crippen LogP contribution in [0.4, 0.5) is 0 Å². The Hall–Kier alpha value is -9.52. The molecule has 0 unspecified atom stereocenters. The van der Waals surface area contributed by atoms with E-state index in [1.807, 2.05) is 48.5 Å². The second-order valence-corrected chi connectivity index (χ2v) is 18.1. The molecule has 0 atom stereocenters. The molecule has 6 nitrogen and oxygen atoms in total. The maximum atomic E-state index is 6.64. The Balaban J connectivity index is 0.971. The fraction of sp³-hybridized carbons (Fsp3) is 0. The van der Waals surface area contributed by atoms with Gasteiger partial charge in [-0.3, -0.25) is 0 Å². The fourth-order valence-electron chi connectivity index (χ4n) is 10.9. The highest BCUT2D eigenvalue weighted by atomic mass is 16.3. The first-order chi connectivity index (χ1) is 34.7. The van der Waals surface area contributed by atoms with Crippen LogP contribution in [-0.4, -0.2) is 19.1 Å². The van der Waals surface area contributed by atoms with E-state index in [4.69, 9.17) is 18.8 Å². The summed E-state index contributed by atoms with van der Waals surface area (Å²) in [5.41, 5.74) is 17.0. The van der Waals surface area contributed by atoms with E-state index in [1.54, 1.807) is 0 Å². The highest BCUT2D eigenvalue weighted by Crippen LogP contribution is 2.42. The molecule has 0 aliphatic heterocycles. The zero-order valence-electron chi connectivity index (χ0n) is 37.5. The van der Waals surface area contributed by atoms with Gasteiger partial charge in [-0.25, -0.2) is 4.98 Å². The summed E-state index contributed by atoms with van der Waals surface area (Å²) in [7, 11) is 0. The summed E-state index contributed by atoms with van der Waals surface area (Å²) in [6.45, 7) is 0. The maximum absolute atomic E-state index is 6.64. The van der Waals surface area contributed by atoms with Crippen molar-refractivity contribution in [3.63, 3.8) is 0 Å². The minimum absolute atomic E-state index is 0.558. The van der Waals surface area contributed by atoms with Crippen molar-refractivity contribution < 1.29 is 8.83 Å². The van der Waals surface area contributed by atoms with Crippen LogP contribution in [0.1, 0.15) is 0 Å². The van der Waals surface area contributed by atoms with E-state index >= 15 is 0 Å². The number of rotatable bonds is 6. The lowest BCUT2D eigenvalue weighted by atomic mass is 9.99. The molecule has 0 N–H and O–H groups in total. The van der Waals surface area contributed by atoms with Gasteiger partial charge in [0, 0.05) is 60.2 Å². The van der Waals surface area contributed by atoms with Gasteiger partial charge in [0.25, 0.3) is 0 Å². The standard InChI is InChI=1S/C64H38N4O2/c1-3-15-39(16-4-1)62-61-53-37-43(29-32-60(53)70-64(61)66-63(65-62)40-17-5-2-6-18-40)44-33-45(67-54-23-11-7-19-47(54)48-20-8-12-24-55(48)67)38-46(34-44)68-56-25-13-9-21-49(56)51-35-41(27-30-57(51)68)42-28-31-59-52(36-42)50-22-10-14-26-58(50)69-59/h1-38H. The lowest BCUT2D eigenvalue weighted by Gasteiger charge is -2.16. The molecule has 0 aliphatic carbocycles. The van der Waals surface area contributed by atoms with Crippen LogP contribution in [0.3, 0.4) is 0 Å². The summed E-state index contributed by atoms with van der Waals surface area (Å²) in [5.74, 6) is 0.626. The molecule has 0 fully saturated rings. The third-order valence-corrected chi connectivity index (χ3v) is 14.1. The molecule has 10 aromatic carbocycles. The summed E-state index contributed by atoms with van der Waals surface area (Å²) in [4.78, 5) is 10.3. The van der Waals surface area contributed by atoms with Crippen molar-refractivity contribution in [2.24, 2.45) is 0 Å². The minimum Gasteiger partial charge on any atom is -0.456 e. The minimum atomic E-state index is 0.558. The molecular formula is C64H38N4O2. The largest absolute Gasteiger partial charge is 0.456 e. The molecule has 0 saturated heterocycles. The Labute approximate surface area is 400 Å². The predicted octanol–water partition coefficient (Wildman–Crippen LogP) is 17.1. The molecule has 70 heavy (non-hydrogen) atoms. The molecule has 326 valence electrons. The number of para-hydroxylation sites is 4. The van der Waals surface area contributed by atoms with Crippen LogP contribution >= 0.6 is 0 Å². The number of aromatic nitrogens is 4. The monoisotopic (exact) mass is 894 g/mol. The molecule has 0 bridgehead atoms. The van der Waals surface area contributed by atoms with Crippen molar-refractivity contribution in [1.82, 2.24) is 19.1 Å².